The first-order chi connectivity index (χ1) is 7.49. The lowest BCUT2D eigenvalue weighted by atomic mass is 10.3. The summed E-state index contributed by atoms with van der Waals surface area (Å²) in [4.78, 5) is 10.5. The second-order valence-corrected chi connectivity index (χ2v) is 2.60. The van der Waals surface area contributed by atoms with Crippen LogP contribution >= 0.6 is 0 Å². The molecule has 0 aromatic heterocycles. The van der Waals surface area contributed by atoms with Gasteiger partial charge in [0, 0.05) is 9.24 Å². The fraction of sp³-hybridized carbons (Fsp3) is 0.300. The molecule has 1 aromatic rings. The molecule has 0 aliphatic carbocycles. The number of primary amides is 1. The van der Waals surface area contributed by atoms with Crippen molar-refractivity contribution < 1.29 is 12.3 Å². The summed E-state index contributed by atoms with van der Waals surface area (Å²) in [6.07, 6.45) is 0. The first-order valence-corrected chi connectivity index (χ1v) is 4.21. The molecule has 0 aliphatic rings. The topological polar surface area (TPSA) is 64.3 Å². The molecule has 1 rings (SSSR count). The highest BCUT2D eigenvalue weighted by Crippen LogP contribution is 2.07. The summed E-state index contributed by atoms with van der Waals surface area (Å²) in [5.41, 5.74) is 4.90. The molecule has 0 fully saturated rings. The molecule has 3 N–H and O–H groups in total. The highest BCUT2D eigenvalue weighted by atomic mass is 16.5. The minimum Gasteiger partial charge on any atom is -0.492 e. The number of carbonyl (C=O) groups excluding carboxylic acids is 1. The van der Waals surface area contributed by atoms with E-state index in [1.54, 1.807) is 24.3 Å². The second-order valence-electron chi connectivity index (χ2n) is 2.60. The van der Waals surface area contributed by atoms with Crippen LogP contribution in [-0.4, -0.2) is 25.6 Å². The number of rotatable bonds is 6. The molecule has 1 amide bonds. The van der Waals surface area contributed by atoms with Gasteiger partial charge in [0.25, 0.3) is 0 Å². The van der Waals surface area contributed by atoms with Crippen molar-refractivity contribution in [1.29, 1.82) is 0 Å². The zero-order valence-corrected chi connectivity index (χ0v) is 7.69. The summed E-state index contributed by atoms with van der Waals surface area (Å²) in [6.45, 7) is -2.19. The van der Waals surface area contributed by atoms with Crippen molar-refractivity contribution >= 4 is 5.91 Å². The summed E-state index contributed by atoms with van der Waals surface area (Å²) < 4.78 is 20.2. The average Bonchev–Trinajstić information content (AvgIpc) is 2.26. The van der Waals surface area contributed by atoms with Crippen LogP contribution in [0.25, 0.3) is 0 Å². The first kappa shape index (κ1) is 7.82. The number of benzene rings is 1. The maximum Gasteiger partial charge on any atom is 0.231 e. The van der Waals surface area contributed by atoms with Crippen molar-refractivity contribution in [3.8, 4) is 5.75 Å². The Labute approximate surface area is 85.9 Å². The molecule has 0 radical (unpaired) electrons. The Hall–Kier alpha value is -1.55. The minimum absolute atomic E-state index is 0.190. The van der Waals surface area contributed by atoms with Gasteiger partial charge in [-0.15, -0.1) is 0 Å². The minimum atomic E-state index is -1.79. The van der Waals surface area contributed by atoms with E-state index in [9.17, 15) is 4.79 Å². The van der Waals surface area contributed by atoms with E-state index in [-0.39, 0.29) is 13.2 Å². The van der Waals surface area contributed by atoms with Gasteiger partial charge in [0.2, 0.25) is 5.91 Å². The molecule has 4 heteroatoms. The van der Waals surface area contributed by atoms with Crippen molar-refractivity contribution in [2.75, 3.05) is 19.6 Å². The van der Waals surface area contributed by atoms with Crippen LogP contribution in [0.3, 0.4) is 0 Å². The number of nitrogens with two attached hydrogens (primary N) is 1. The number of ether oxygens (including phenoxy) is 1. The van der Waals surface area contributed by atoms with E-state index in [4.69, 9.17) is 13.2 Å². The van der Waals surface area contributed by atoms with Crippen molar-refractivity contribution in [1.82, 2.24) is 5.32 Å². The quantitative estimate of drug-likeness (QED) is 0.680. The molecule has 0 bridgehead atoms. The summed E-state index contributed by atoms with van der Waals surface area (Å²) in [6, 6.07) is 8.88. The summed E-state index contributed by atoms with van der Waals surface area (Å²) in [7, 11) is 0. The Balaban J connectivity index is 2.38. The van der Waals surface area contributed by atoms with Crippen LogP contribution in [-0.2, 0) is 4.79 Å². The van der Waals surface area contributed by atoms with Gasteiger partial charge < -0.3 is 15.8 Å². The van der Waals surface area contributed by atoms with Gasteiger partial charge in [-0.05, 0) is 12.1 Å². The Kier molecular flexibility index (Phi) is 3.34. The van der Waals surface area contributed by atoms with Gasteiger partial charge in [0.1, 0.15) is 12.4 Å². The van der Waals surface area contributed by atoms with Crippen molar-refractivity contribution in [2.24, 2.45) is 5.73 Å². The lowest BCUT2D eigenvalue weighted by molar-refractivity contribution is -0.117. The normalized spacial score (nSPS) is 12.9. The van der Waals surface area contributed by atoms with Crippen molar-refractivity contribution in [2.45, 2.75) is 0 Å². The predicted octanol–water partition coefficient (Wildman–Crippen LogP) is 0.140. The lowest BCUT2D eigenvalue weighted by Crippen LogP contribution is -2.31. The third kappa shape index (κ3) is 4.47. The highest BCUT2D eigenvalue weighted by molar-refractivity contribution is 5.75. The molecule has 0 spiro atoms. The molecule has 0 aliphatic heterocycles. The zero-order valence-electron chi connectivity index (χ0n) is 9.69. The fourth-order valence-electron chi connectivity index (χ4n) is 0.837. The maximum atomic E-state index is 10.5. The third-order valence-corrected chi connectivity index (χ3v) is 1.44. The van der Waals surface area contributed by atoms with Gasteiger partial charge in [-0.25, -0.2) is 0 Å². The van der Waals surface area contributed by atoms with E-state index >= 15 is 0 Å². The standard InChI is InChI=1S/C10H14N2O2/c11-10(13)8-12-6-7-14-9-4-2-1-3-5-9/h1-5,12H,6-8H2,(H2,11,13)/i6D2. The van der Waals surface area contributed by atoms with Gasteiger partial charge >= 0.3 is 0 Å². The van der Waals surface area contributed by atoms with Crippen LogP contribution in [0.2, 0.25) is 0 Å². The highest BCUT2D eigenvalue weighted by Gasteiger charge is 1.93. The molecular formula is C10H14N2O2. The van der Waals surface area contributed by atoms with E-state index < -0.39 is 12.4 Å². The lowest BCUT2D eigenvalue weighted by Gasteiger charge is -2.05. The maximum absolute atomic E-state index is 10.5. The number of carbonyl (C=O) groups is 1. The number of para-hydroxylation sites is 1. The molecule has 4 nitrogen and oxygen atoms in total. The van der Waals surface area contributed by atoms with Crippen LogP contribution < -0.4 is 15.8 Å². The van der Waals surface area contributed by atoms with Crippen LogP contribution in [0.5, 0.6) is 5.75 Å². The predicted molar refractivity (Wildman–Crippen MR) is 54.0 cm³/mol. The largest absolute Gasteiger partial charge is 0.492 e. The smallest absolute Gasteiger partial charge is 0.231 e. The summed E-state index contributed by atoms with van der Waals surface area (Å²) in [5.74, 6) is -0.0316. The number of hydrogen-bond acceptors (Lipinski definition) is 3. The Morgan fingerprint density at radius 1 is 1.50 bits per heavy atom. The van der Waals surface area contributed by atoms with Gasteiger partial charge in [-0.3, -0.25) is 4.79 Å². The van der Waals surface area contributed by atoms with Gasteiger partial charge in [0.15, 0.2) is 0 Å². The van der Waals surface area contributed by atoms with Gasteiger partial charge in [0.05, 0.1) is 6.54 Å². The van der Waals surface area contributed by atoms with Crippen molar-refractivity contribution in [3.63, 3.8) is 0 Å². The molecule has 14 heavy (non-hydrogen) atoms. The zero-order chi connectivity index (χ0) is 12.0. The molecule has 0 saturated carbocycles. The summed E-state index contributed by atoms with van der Waals surface area (Å²) >= 11 is 0. The van der Waals surface area contributed by atoms with Gasteiger partial charge in [-0.2, -0.15) is 0 Å². The van der Waals surface area contributed by atoms with Crippen LogP contribution in [0.15, 0.2) is 30.3 Å². The van der Waals surface area contributed by atoms with E-state index in [1.165, 1.54) is 0 Å². The van der Waals surface area contributed by atoms with E-state index in [2.05, 4.69) is 5.32 Å². The Bertz CT molecular complexity index is 344. The first-order valence-electron chi connectivity index (χ1n) is 5.21. The molecule has 0 saturated heterocycles. The number of hydrogen-bond donors (Lipinski definition) is 2. The van der Waals surface area contributed by atoms with Crippen LogP contribution in [0, 0.1) is 0 Å². The molecule has 1 aromatic carbocycles. The molecular weight excluding hydrogens is 180 g/mol. The monoisotopic (exact) mass is 196 g/mol. The molecule has 0 unspecified atom stereocenters. The third-order valence-electron chi connectivity index (χ3n) is 1.44. The average molecular weight is 196 g/mol. The molecule has 0 atom stereocenters. The number of nitrogens with one attached hydrogen (secondary N) is 1. The summed E-state index contributed by atoms with van der Waals surface area (Å²) in [5, 5.41) is 2.36. The van der Waals surface area contributed by atoms with E-state index in [1.807, 2.05) is 6.07 Å². The van der Waals surface area contributed by atoms with Gasteiger partial charge in [-0.1, -0.05) is 18.2 Å². The van der Waals surface area contributed by atoms with Crippen molar-refractivity contribution in [3.05, 3.63) is 30.3 Å². The van der Waals surface area contributed by atoms with Crippen LogP contribution in [0.4, 0.5) is 0 Å². The Morgan fingerprint density at radius 3 is 2.86 bits per heavy atom. The molecule has 76 valence electrons. The van der Waals surface area contributed by atoms with Crippen LogP contribution in [0.1, 0.15) is 2.74 Å². The SMILES string of the molecule is [2H]C([2H])(COc1ccccc1)NCC(N)=O. The Morgan fingerprint density at radius 2 is 2.21 bits per heavy atom. The van der Waals surface area contributed by atoms with E-state index in [0.29, 0.717) is 5.75 Å². The second kappa shape index (κ2) is 5.99. The number of amides is 1. The van der Waals surface area contributed by atoms with E-state index in [0.717, 1.165) is 0 Å². The molecule has 0 heterocycles. The fourth-order valence-corrected chi connectivity index (χ4v) is 0.837.